The molecule has 0 spiro atoms. The van der Waals surface area contributed by atoms with E-state index in [1.54, 1.807) is 24.3 Å². The van der Waals surface area contributed by atoms with Crippen LogP contribution in [0.25, 0.3) is 0 Å². The molecule has 0 bridgehead atoms. The molecule has 0 radical (unpaired) electrons. The standard InChI is InChI=1S/C24H33N3O4S/c1-4-31-21-10-12-22(13-11-21)32(29,30)27-16-14-20(15-17-27)24(28)25-18-23(26(2)3)19-8-6-5-7-9-19/h5-13,20,23H,4,14-18H2,1-3H3,(H,25,28). The predicted molar refractivity (Wildman–Crippen MR) is 125 cm³/mol. The van der Waals surface area contributed by atoms with Crippen molar-refractivity contribution < 1.29 is 17.9 Å². The van der Waals surface area contributed by atoms with Gasteiger partial charge in [0, 0.05) is 25.6 Å². The van der Waals surface area contributed by atoms with Crippen molar-refractivity contribution in [1.29, 1.82) is 0 Å². The van der Waals surface area contributed by atoms with Crippen molar-refractivity contribution in [2.24, 2.45) is 5.92 Å². The summed E-state index contributed by atoms with van der Waals surface area (Å²) in [5.74, 6) is 0.458. The van der Waals surface area contributed by atoms with E-state index in [2.05, 4.69) is 22.3 Å². The molecular weight excluding hydrogens is 426 g/mol. The van der Waals surface area contributed by atoms with Gasteiger partial charge in [0.25, 0.3) is 0 Å². The highest BCUT2D eigenvalue weighted by atomic mass is 32.2. The van der Waals surface area contributed by atoms with E-state index in [9.17, 15) is 13.2 Å². The van der Waals surface area contributed by atoms with Gasteiger partial charge < -0.3 is 15.0 Å². The Morgan fingerprint density at radius 2 is 1.72 bits per heavy atom. The molecule has 174 valence electrons. The van der Waals surface area contributed by atoms with Gasteiger partial charge >= 0.3 is 0 Å². The quantitative estimate of drug-likeness (QED) is 0.624. The molecule has 3 rings (SSSR count). The summed E-state index contributed by atoms with van der Waals surface area (Å²) in [5.41, 5.74) is 1.15. The lowest BCUT2D eigenvalue weighted by molar-refractivity contribution is -0.126. The molecule has 1 amide bonds. The second-order valence-corrected chi connectivity index (χ2v) is 10.2. The summed E-state index contributed by atoms with van der Waals surface area (Å²) in [5, 5.41) is 3.07. The monoisotopic (exact) mass is 459 g/mol. The molecular formula is C24H33N3O4S. The summed E-state index contributed by atoms with van der Waals surface area (Å²) in [6.07, 6.45) is 1.03. The summed E-state index contributed by atoms with van der Waals surface area (Å²) in [4.78, 5) is 15.1. The summed E-state index contributed by atoms with van der Waals surface area (Å²) in [7, 11) is 0.412. The number of ether oxygens (including phenoxy) is 1. The number of rotatable bonds is 9. The number of benzene rings is 2. The molecule has 1 atom stereocenters. The van der Waals surface area contributed by atoms with Crippen LogP contribution in [0.1, 0.15) is 31.4 Å². The number of carbonyl (C=O) groups is 1. The third-order valence-electron chi connectivity index (χ3n) is 5.87. The highest BCUT2D eigenvalue weighted by molar-refractivity contribution is 7.89. The molecule has 1 heterocycles. The van der Waals surface area contributed by atoms with E-state index in [1.807, 2.05) is 39.2 Å². The van der Waals surface area contributed by atoms with Crippen LogP contribution in [-0.2, 0) is 14.8 Å². The van der Waals surface area contributed by atoms with Crippen molar-refractivity contribution >= 4 is 15.9 Å². The molecule has 1 fully saturated rings. The average Bonchev–Trinajstić information content (AvgIpc) is 2.80. The van der Waals surface area contributed by atoms with Crippen molar-refractivity contribution in [3.05, 3.63) is 60.2 Å². The molecule has 2 aromatic carbocycles. The first kappa shape index (κ1) is 24.2. The first-order valence-electron chi connectivity index (χ1n) is 11.0. The molecule has 8 heteroatoms. The van der Waals surface area contributed by atoms with Crippen molar-refractivity contribution in [2.75, 3.05) is 40.3 Å². The SMILES string of the molecule is CCOc1ccc(S(=O)(=O)N2CCC(C(=O)NCC(c3ccccc3)N(C)C)CC2)cc1. The lowest BCUT2D eigenvalue weighted by Gasteiger charge is -2.31. The fourth-order valence-electron chi connectivity index (χ4n) is 4.00. The molecule has 1 aliphatic heterocycles. The van der Waals surface area contributed by atoms with Gasteiger partial charge in [-0.15, -0.1) is 0 Å². The first-order chi connectivity index (χ1) is 15.3. The Bertz CT molecular complexity index is 970. The Hall–Kier alpha value is -2.42. The number of nitrogens with one attached hydrogen (secondary N) is 1. The number of amides is 1. The number of hydrogen-bond acceptors (Lipinski definition) is 5. The van der Waals surface area contributed by atoms with Gasteiger partial charge in [-0.1, -0.05) is 30.3 Å². The minimum absolute atomic E-state index is 0.00843. The number of sulfonamides is 1. The van der Waals surface area contributed by atoms with Crippen molar-refractivity contribution in [2.45, 2.75) is 30.7 Å². The molecule has 0 aliphatic carbocycles. The van der Waals surface area contributed by atoms with Crippen LogP contribution in [0.15, 0.2) is 59.5 Å². The highest BCUT2D eigenvalue weighted by Gasteiger charge is 2.32. The van der Waals surface area contributed by atoms with E-state index in [0.717, 1.165) is 5.56 Å². The van der Waals surface area contributed by atoms with Crippen LogP contribution in [0.5, 0.6) is 5.75 Å². The maximum absolute atomic E-state index is 13.0. The Labute approximate surface area is 191 Å². The number of nitrogens with zero attached hydrogens (tertiary/aromatic N) is 2. The number of carbonyl (C=O) groups excluding carboxylic acids is 1. The lowest BCUT2D eigenvalue weighted by atomic mass is 9.97. The smallest absolute Gasteiger partial charge is 0.243 e. The zero-order valence-electron chi connectivity index (χ0n) is 19.0. The number of likely N-dealkylation sites (N-methyl/N-ethyl adjacent to an activating group) is 1. The van der Waals surface area contributed by atoms with Crippen molar-refractivity contribution in [3.63, 3.8) is 0 Å². The molecule has 2 aromatic rings. The second-order valence-electron chi connectivity index (χ2n) is 8.22. The molecule has 1 aliphatic rings. The van der Waals surface area contributed by atoms with Gasteiger partial charge in [-0.05, 0) is 63.7 Å². The van der Waals surface area contributed by atoms with Gasteiger partial charge in [-0.3, -0.25) is 4.79 Å². The Kier molecular flexibility index (Phi) is 8.28. The zero-order chi connectivity index (χ0) is 23.1. The minimum Gasteiger partial charge on any atom is -0.494 e. The number of piperidine rings is 1. The minimum atomic E-state index is -3.58. The summed E-state index contributed by atoms with van der Waals surface area (Å²) in [6, 6.07) is 16.7. The van der Waals surface area contributed by atoms with Gasteiger partial charge in [0.1, 0.15) is 5.75 Å². The third-order valence-corrected chi connectivity index (χ3v) is 7.79. The van der Waals surface area contributed by atoms with E-state index in [4.69, 9.17) is 4.74 Å². The largest absolute Gasteiger partial charge is 0.494 e. The van der Waals surface area contributed by atoms with Gasteiger partial charge in [-0.2, -0.15) is 4.31 Å². The fraction of sp³-hybridized carbons (Fsp3) is 0.458. The fourth-order valence-corrected chi connectivity index (χ4v) is 5.47. The molecule has 32 heavy (non-hydrogen) atoms. The van der Waals surface area contributed by atoms with E-state index < -0.39 is 10.0 Å². The summed E-state index contributed by atoms with van der Waals surface area (Å²) < 4.78 is 32.8. The normalized spacial score (nSPS) is 16.6. The molecule has 0 aromatic heterocycles. The van der Waals surface area contributed by atoms with Crippen LogP contribution in [0.3, 0.4) is 0 Å². The van der Waals surface area contributed by atoms with E-state index in [0.29, 0.717) is 44.8 Å². The van der Waals surface area contributed by atoms with Crippen LogP contribution < -0.4 is 10.1 Å². The van der Waals surface area contributed by atoms with Gasteiger partial charge in [0.05, 0.1) is 17.5 Å². The molecule has 1 N–H and O–H groups in total. The molecule has 7 nitrogen and oxygen atoms in total. The first-order valence-corrected chi connectivity index (χ1v) is 12.5. The lowest BCUT2D eigenvalue weighted by Crippen LogP contribution is -2.44. The summed E-state index contributed by atoms with van der Waals surface area (Å²) >= 11 is 0. The van der Waals surface area contributed by atoms with Crippen LogP contribution >= 0.6 is 0 Å². The Balaban J connectivity index is 1.54. The maximum Gasteiger partial charge on any atom is 0.243 e. The average molecular weight is 460 g/mol. The maximum atomic E-state index is 13.0. The van der Waals surface area contributed by atoms with E-state index in [-0.39, 0.29) is 22.8 Å². The van der Waals surface area contributed by atoms with Crippen LogP contribution in [0.2, 0.25) is 0 Å². The van der Waals surface area contributed by atoms with E-state index >= 15 is 0 Å². The molecule has 1 saturated heterocycles. The Morgan fingerprint density at radius 3 is 2.28 bits per heavy atom. The Morgan fingerprint density at radius 1 is 1.09 bits per heavy atom. The van der Waals surface area contributed by atoms with Gasteiger partial charge in [0.2, 0.25) is 15.9 Å². The molecule has 0 saturated carbocycles. The zero-order valence-corrected chi connectivity index (χ0v) is 19.8. The summed E-state index contributed by atoms with van der Waals surface area (Å²) in [6.45, 7) is 3.60. The highest BCUT2D eigenvalue weighted by Crippen LogP contribution is 2.25. The third kappa shape index (κ3) is 5.88. The van der Waals surface area contributed by atoms with Gasteiger partial charge in [-0.25, -0.2) is 8.42 Å². The molecule has 1 unspecified atom stereocenters. The van der Waals surface area contributed by atoms with Crippen molar-refractivity contribution in [1.82, 2.24) is 14.5 Å². The topological polar surface area (TPSA) is 79.0 Å². The number of hydrogen-bond donors (Lipinski definition) is 1. The van der Waals surface area contributed by atoms with Crippen molar-refractivity contribution in [3.8, 4) is 5.75 Å². The van der Waals surface area contributed by atoms with E-state index in [1.165, 1.54) is 4.31 Å². The second kappa shape index (κ2) is 10.9. The predicted octanol–water partition coefficient (Wildman–Crippen LogP) is 2.91. The van der Waals surface area contributed by atoms with Gasteiger partial charge in [0.15, 0.2) is 0 Å². The van der Waals surface area contributed by atoms with Crippen LogP contribution in [0.4, 0.5) is 0 Å². The van der Waals surface area contributed by atoms with Crippen LogP contribution in [0, 0.1) is 5.92 Å². The van der Waals surface area contributed by atoms with Crippen LogP contribution in [-0.4, -0.2) is 63.9 Å².